The second-order valence-corrected chi connectivity index (χ2v) is 6.56. The van der Waals surface area contributed by atoms with Crippen molar-refractivity contribution in [3.63, 3.8) is 0 Å². The van der Waals surface area contributed by atoms with Crippen LogP contribution in [0.1, 0.15) is 28.2 Å². The summed E-state index contributed by atoms with van der Waals surface area (Å²) in [6, 6.07) is 0. The van der Waals surface area contributed by atoms with E-state index in [1.807, 2.05) is 20.8 Å². The van der Waals surface area contributed by atoms with Crippen LogP contribution in [0.5, 0.6) is 0 Å². The summed E-state index contributed by atoms with van der Waals surface area (Å²) in [5.74, 6) is 1.81. The number of hydrogen-bond acceptors (Lipinski definition) is 5. The Bertz CT molecular complexity index is 184. The van der Waals surface area contributed by atoms with Crippen molar-refractivity contribution in [2.75, 3.05) is 24.6 Å². The Morgan fingerprint density at radius 2 is 1.88 bits per heavy atom. The van der Waals surface area contributed by atoms with Gasteiger partial charge in [0.1, 0.15) is 5.60 Å². The zero-order valence-corrected chi connectivity index (χ0v) is 11.2. The van der Waals surface area contributed by atoms with Crippen molar-refractivity contribution in [3.05, 3.63) is 0 Å². The molecule has 0 aromatic carbocycles. The molecule has 0 aliphatic heterocycles. The molecular weight excluding hydrogens is 244 g/mol. The van der Waals surface area contributed by atoms with Crippen LogP contribution < -0.4 is 11.1 Å². The van der Waals surface area contributed by atoms with E-state index < -0.39 is 5.60 Å². The molecule has 1 amide bonds. The first-order valence-electron chi connectivity index (χ1n) is 4.87. The van der Waals surface area contributed by atoms with E-state index in [2.05, 4.69) is 5.32 Å². The maximum atomic E-state index is 11.2. The van der Waals surface area contributed by atoms with Gasteiger partial charge in [0.2, 0.25) is 0 Å². The van der Waals surface area contributed by atoms with Crippen molar-refractivity contribution in [1.82, 2.24) is 5.32 Å². The molecule has 0 aromatic heterocycles. The summed E-state index contributed by atoms with van der Waals surface area (Å²) in [7, 11) is 3.42. The number of nitrogens with two attached hydrogens (primary N) is 1. The van der Waals surface area contributed by atoms with Crippen LogP contribution in [0.25, 0.3) is 0 Å². The van der Waals surface area contributed by atoms with E-state index in [4.69, 9.17) is 10.5 Å². The minimum atomic E-state index is -0.425. The van der Waals surface area contributed by atoms with Crippen LogP contribution in [-0.2, 0) is 4.74 Å². The van der Waals surface area contributed by atoms with Crippen molar-refractivity contribution in [2.45, 2.75) is 33.8 Å². The Kier molecular flexibility index (Phi) is 11.6. The van der Waals surface area contributed by atoms with E-state index in [1.54, 1.807) is 21.6 Å². The number of alkyl carbamates (subject to hydrolysis) is 1. The molecule has 0 rings (SSSR count). The van der Waals surface area contributed by atoms with Gasteiger partial charge < -0.3 is 15.8 Å². The van der Waals surface area contributed by atoms with Crippen LogP contribution >= 0.6 is 21.6 Å². The summed E-state index contributed by atoms with van der Waals surface area (Å²) in [4.78, 5) is 11.2. The van der Waals surface area contributed by atoms with E-state index in [0.717, 1.165) is 11.5 Å². The van der Waals surface area contributed by atoms with Gasteiger partial charge in [-0.2, -0.15) is 0 Å². The van der Waals surface area contributed by atoms with Gasteiger partial charge in [-0.05, 0) is 20.8 Å². The number of carbonyl (C=O) groups is 1. The first-order chi connectivity index (χ1) is 6.95. The fourth-order valence-electron chi connectivity index (χ4n) is 0.675. The highest BCUT2D eigenvalue weighted by molar-refractivity contribution is 8.76. The fraction of sp³-hybridized carbons (Fsp3) is 0.900. The molecule has 0 aliphatic rings. The molecule has 3 N–H and O–H groups in total. The van der Waals surface area contributed by atoms with Crippen LogP contribution in [0.2, 0.25) is 0 Å². The number of ether oxygens (including phenoxy) is 1. The average Bonchev–Trinajstić information content (AvgIpc) is 2.08. The Labute approximate surface area is 107 Å². The lowest BCUT2D eigenvalue weighted by atomic mass is 10.2. The molecule has 0 saturated heterocycles. The van der Waals surface area contributed by atoms with Crippen molar-refractivity contribution in [2.24, 2.45) is 5.73 Å². The third-order valence-corrected chi connectivity index (χ3v) is 3.58. The number of hydrogen-bond donors (Lipinski definition) is 2. The number of rotatable bonds is 6. The lowest BCUT2D eigenvalue weighted by Crippen LogP contribution is -2.33. The van der Waals surface area contributed by atoms with Crippen molar-refractivity contribution in [3.8, 4) is 0 Å². The van der Waals surface area contributed by atoms with E-state index >= 15 is 0 Å². The molecule has 0 fully saturated rings. The Morgan fingerprint density at radius 1 is 1.31 bits per heavy atom. The highest BCUT2D eigenvalue weighted by atomic mass is 33.1. The summed E-state index contributed by atoms with van der Waals surface area (Å²) in [6.07, 6.45) is -0.355. The van der Waals surface area contributed by atoms with E-state index in [0.29, 0.717) is 13.1 Å². The Balaban J connectivity index is 0. The molecule has 6 heteroatoms. The van der Waals surface area contributed by atoms with Gasteiger partial charge in [-0.1, -0.05) is 29.0 Å². The number of amides is 1. The second kappa shape index (κ2) is 10.1. The predicted molar refractivity (Wildman–Crippen MR) is 74.9 cm³/mol. The maximum absolute atomic E-state index is 11.2. The van der Waals surface area contributed by atoms with Gasteiger partial charge in [0.15, 0.2) is 0 Å². The van der Waals surface area contributed by atoms with Gasteiger partial charge in [-0.15, -0.1) is 0 Å². The molecule has 0 atom stereocenters. The third kappa shape index (κ3) is 13.9. The van der Waals surface area contributed by atoms with Crippen molar-refractivity contribution >= 4 is 27.7 Å². The van der Waals surface area contributed by atoms with E-state index in [1.165, 1.54) is 0 Å². The monoisotopic (exact) mass is 268 g/mol. The van der Waals surface area contributed by atoms with Gasteiger partial charge >= 0.3 is 6.09 Å². The summed E-state index contributed by atoms with van der Waals surface area (Å²) >= 11 is 0. The largest absolute Gasteiger partial charge is 0.444 e. The van der Waals surface area contributed by atoms with Crippen molar-refractivity contribution in [1.29, 1.82) is 0 Å². The number of nitrogens with one attached hydrogen (secondary N) is 1. The van der Waals surface area contributed by atoms with E-state index in [-0.39, 0.29) is 13.5 Å². The molecular formula is C10H24N2O2S2. The molecule has 0 spiro atoms. The Morgan fingerprint density at radius 3 is 2.38 bits per heavy atom. The molecule has 0 bridgehead atoms. The first-order valence-corrected chi connectivity index (χ1v) is 7.36. The van der Waals surface area contributed by atoms with Crippen molar-refractivity contribution < 1.29 is 9.53 Å². The molecule has 0 unspecified atom stereocenters. The minimum Gasteiger partial charge on any atom is -0.444 e. The smallest absolute Gasteiger partial charge is 0.407 e. The summed E-state index contributed by atoms with van der Waals surface area (Å²) < 4.78 is 5.08. The Hall–Kier alpha value is -0.0700. The van der Waals surface area contributed by atoms with Crippen LogP contribution in [0.15, 0.2) is 0 Å². The standard InChI is InChI=1S/C9H20N2O2S2.CH4/c1-9(2,3)13-8(12)11-5-7-15-14-6-4-10;/h4-7,10H2,1-3H3,(H,11,12);1H4. The molecule has 16 heavy (non-hydrogen) atoms. The predicted octanol–water partition coefficient (Wildman–Crippen LogP) is 2.49. The normalized spacial score (nSPS) is 10.5. The lowest BCUT2D eigenvalue weighted by Gasteiger charge is -2.19. The van der Waals surface area contributed by atoms with Gasteiger partial charge in [0, 0.05) is 24.6 Å². The van der Waals surface area contributed by atoms with Gasteiger partial charge in [-0.25, -0.2) is 4.79 Å². The topological polar surface area (TPSA) is 64.3 Å². The molecule has 4 nitrogen and oxygen atoms in total. The highest BCUT2D eigenvalue weighted by Gasteiger charge is 2.15. The van der Waals surface area contributed by atoms with Gasteiger partial charge in [0.05, 0.1) is 0 Å². The zero-order valence-electron chi connectivity index (χ0n) is 9.54. The quantitative estimate of drug-likeness (QED) is 0.572. The summed E-state index contributed by atoms with van der Waals surface area (Å²) in [5.41, 5.74) is 4.91. The van der Waals surface area contributed by atoms with Crippen LogP contribution in [-0.4, -0.2) is 36.3 Å². The zero-order chi connectivity index (χ0) is 11.7. The SMILES string of the molecule is C.CC(C)(C)OC(=O)NCCSSCCN. The minimum absolute atomic E-state index is 0. The molecule has 0 aromatic rings. The fourth-order valence-corrected chi connectivity index (χ4v) is 2.44. The lowest BCUT2D eigenvalue weighted by molar-refractivity contribution is 0.0531. The molecule has 0 saturated carbocycles. The summed E-state index contributed by atoms with van der Waals surface area (Å²) in [6.45, 7) is 6.85. The first kappa shape index (κ1) is 18.3. The average molecular weight is 268 g/mol. The molecule has 0 radical (unpaired) electrons. The molecule has 0 heterocycles. The van der Waals surface area contributed by atoms with Crippen LogP contribution in [0.3, 0.4) is 0 Å². The van der Waals surface area contributed by atoms with Gasteiger partial charge in [-0.3, -0.25) is 0 Å². The molecule has 98 valence electrons. The third-order valence-electron chi connectivity index (χ3n) is 1.14. The maximum Gasteiger partial charge on any atom is 0.407 e. The number of carbonyl (C=O) groups excluding carboxylic acids is 1. The molecule has 0 aliphatic carbocycles. The van der Waals surface area contributed by atoms with Crippen LogP contribution in [0.4, 0.5) is 4.79 Å². The van der Waals surface area contributed by atoms with Crippen LogP contribution in [0, 0.1) is 0 Å². The second-order valence-electron chi connectivity index (χ2n) is 3.86. The highest BCUT2D eigenvalue weighted by Crippen LogP contribution is 2.18. The van der Waals surface area contributed by atoms with Gasteiger partial charge in [0.25, 0.3) is 0 Å². The summed E-state index contributed by atoms with van der Waals surface area (Å²) in [5, 5.41) is 2.69. The van der Waals surface area contributed by atoms with E-state index in [9.17, 15) is 4.79 Å².